The lowest BCUT2D eigenvalue weighted by Gasteiger charge is -2.33. The topological polar surface area (TPSA) is 64.3 Å². The molecule has 116 valence electrons. The van der Waals surface area contributed by atoms with Gasteiger partial charge in [0.05, 0.1) is 7.11 Å². The third-order valence-electron chi connectivity index (χ3n) is 4.29. The van der Waals surface area contributed by atoms with Crippen molar-refractivity contribution in [3.8, 4) is 5.75 Å². The number of rotatable bonds is 6. The van der Waals surface area contributed by atoms with Gasteiger partial charge in [-0.1, -0.05) is 31.4 Å². The number of aryl methyl sites for hydroxylation is 1. The van der Waals surface area contributed by atoms with Crippen molar-refractivity contribution in [2.45, 2.75) is 50.5 Å². The molecular formula is C17H26N2O2. The highest BCUT2D eigenvalue weighted by atomic mass is 16.5. The van der Waals surface area contributed by atoms with E-state index in [4.69, 9.17) is 10.5 Å². The number of methoxy groups -OCH3 is 1. The van der Waals surface area contributed by atoms with E-state index in [1.165, 1.54) is 19.3 Å². The number of benzene rings is 1. The first kappa shape index (κ1) is 15.8. The van der Waals surface area contributed by atoms with E-state index < -0.39 is 0 Å². The van der Waals surface area contributed by atoms with Gasteiger partial charge >= 0.3 is 0 Å². The van der Waals surface area contributed by atoms with Gasteiger partial charge in [-0.05, 0) is 37.0 Å². The molecule has 4 heteroatoms. The summed E-state index contributed by atoms with van der Waals surface area (Å²) in [6.07, 6.45) is 6.91. The predicted molar refractivity (Wildman–Crippen MR) is 84.3 cm³/mol. The summed E-state index contributed by atoms with van der Waals surface area (Å²) in [6, 6.07) is 7.84. The van der Waals surface area contributed by atoms with E-state index in [9.17, 15) is 4.79 Å². The lowest BCUT2D eigenvalue weighted by Crippen LogP contribution is -2.51. The van der Waals surface area contributed by atoms with Crippen molar-refractivity contribution >= 4 is 5.91 Å². The van der Waals surface area contributed by atoms with Crippen molar-refractivity contribution < 1.29 is 9.53 Å². The summed E-state index contributed by atoms with van der Waals surface area (Å²) in [5.74, 6) is 0.923. The maximum atomic E-state index is 11.9. The first-order chi connectivity index (χ1) is 10.1. The Bertz CT molecular complexity index is 450. The summed E-state index contributed by atoms with van der Waals surface area (Å²) >= 11 is 0. The predicted octanol–water partition coefficient (Wildman–Crippen LogP) is 2.41. The molecule has 4 nitrogen and oxygen atoms in total. The largest absolute Gasteiger partial charge is 0.497 e. The molecule has 0 saturated heterocycles. The second-order valence-electron chi connectivity index (χ2n) is 6.05. The van der Waals surface area contributed by atoms with Crippen molar-refractivity contribution in [3.05, 3.63) is 29.8 Å². The summed E-state index contributed by atoms with van der Waals surface area (Å²) in [6.45, 7) is 0.606. The van der Waals surface area contributed by atoms with E-state index in [1.54, 1.807) is 7.11 Å². The Labute approximate surface area is 127 Å². The molecule has 1 aliphatic carbocycles. The SMILES string of the molecule is COc1ccc(CCC(=O)NCC2(N)CCCCC2)cc1. The van der Waals surface area contributed by atoms with Crippen LogP contribution in [0.15, 0.2) is 24.3 Å². The van der Waals surface area contributed by atoms with Crippen LogP contribution < -0.4 is 15.8 Å². The lowest BCUT2D eigenvalue weighted by atomic mass is 9.82. The number of carbonyl (C=O) groups is 1. The van der Waals surface area contributed by atoms with Gasteiger partial charge in [0.1, 0.15) is 5.75 Å². The molecule has 1 aromatic carbocycles. The molecule has 1 fully saturated rings. The molecule has 2 rings (SSSR count). The molecule has 0 unspecified atom stereocenters. The Balaban J connectivity index is 1.71. The molecule has 3 N–H and O–H groups in total. The second-order valence-corrected chi connectivity index (χ2v) is 6.05. The van der Waals surface area contributed by atoms with Gasteiger partial charge in [-0.3, -0.25) is 4.79 Å². The van der Waals surface area contributed by atoms with Gasteiger partial charge in [0.15, 0.2) is 0 Å². The fraction of sp³-hybridized carbons (Fsp3) is 0.588. The Morgan fingerprint density at radius 1 is 1.24 bits per heavy atom. The van der Waals surface area contributed by atoms with Crippen LogP contribution >= 0.6 is 0 Å². The van der Waals surface area contributed by atoms with Gasteiger partial charge in [0, 0.05) is 18.5 Å². The minimum atomic E-state index is -0.186. The van der Waals surface area contributed by atoms with Gasteiger partial charge < -0.3 is 15.8 Å². The van der Waals surface area contributed by atoms with Gasteiger partial charge in [-0.2, -0.15) is 0 Å². The maximum absolute atomic E-state index is 11.9. The van der Waals surface area contributed by atoms with E-state index in [0.717, 1.165) is 30.6 Å². The first-order valence-corrected chi connectivity index (χ1v) is 7.80. The summed E-state index contributed by atoms with van der Waals surface area (Å²) < 4.78 is 5.12. The highest BCUT2D eigenvalue weighted by Gasteiger charge is 2.27. The van der Waals surface area contributed by atoms with E-state index in [1.807, 2.05) is 24.3 Å². The van der Waals surface area contributed by atoms with Crippen molar-refractivity contribution in [2.75, 3.05) is 13.7 Å². The second kappa shape index (κ2) is 7.46. The Morgan fingerprint density at radius 3 is 2.52 bits per heavy atom. The monoisotopic (exact) mass is 290 g/mol. The number of nitrogens with one attached hydrogen (secondary N) is 1. The van der Waals surface area contributed by atoms with Crippen LogP contribution in [0.3, 0.4) is 0 Å². The van der Waals surface area contributed by atoms with Crippen molar-refractivity contribution in [3.63, 3.8) is 0 Å². The van der Waals surface area contributed by atoms with Gasteiger partial charge in [-0.15, -0.1) is 0 Å². The Kier molecular flexibility index (Phi) is 5.62. The molecule has 1 aliphatic rings. The summed E-state index contributed by atoms with van der Waals surface area (Å²) in [5, 5.41) is 3.00. The number of hydrogen-bond donors (Lipinski definition) is 2. The highest BCUT2D eigenvalue weighted by molar-refractivity contribution is 5.76. The summed E-state index contributed by atoms with van der Waals surface area (Å²) in [5.41, 5.74) is 7.28. The van der Waals surface area contributed by atoms with Crippen LogP contribution in [0.25, 0.3) is 0 Å². The quantitative estimate of drug-likeness (QED) is 0.845. The van der Waals surface area contributed by atoms with Crippen LogP contribution in [0.5, 0.6) is 5.75 Å². The third kappa shape index (κ3) is 5.05. The Hall–Kier alpha value is -1.55. The number of hydrogen-bond acceptors (Lipinski definition) is 3. The van der Waals surface area contributed by atoms with E-state index in [-0.39, 0.29) is 11.4 Å². The molecule has 0 atom stereocenters. The molecule has 0 aromatic heterocycles. The van der Waals surface area contributed by atoms with Crippen LogP contribution in [0.2, 0.25) is 0 Å². The van der Waals surface area contributed by atoms with Gasteiger partial charge in [0.2, 0.25) is 5.91 Å². The Morgan fingerprint density at radius 2 is 1.90 bits per heavy atom. The van der Waals surface area contributed by atoms with Crippen molar-refractivity contribution in [2.24, 2.45) is 5.73 Å². The zero-order valence-corrected chi connectivity index (χ0v) is 12.9. The minimum absolute atomic E-state index is 0.0845. The van der Waals surface area contributed by atoms with Crippen LogP contribution in [-0.4, -0.2) is 25.1 Å². The fourth-order valence-corrected chi connectivity index (χ4v) is 2.85. The van der Waals surface area contributed by atoms with Crippen LogP contribution in [0, 0.1) is 0 Å². The van der Waals surface area contributed by atoms with Crippen LogP contribution in [0.1, 0.15) is 44.1 Å². The molecule has 21 heavy (non-hydrogen) atoms. The molecule has 1 saturated carbocycles. The average molecular weight is 290 g/mol. The zero-order valence-electron chi connectivity index (χ0n) is 12.9. The summed E-state index contributed by atoms with van der Waals surface area (Å²) in [7, 11) is 1.65. The standard InChI is InChI=1S/C17H26N2O2/c1-21-15-8-5-14(6-9-15)7-10-16(20)19-13-17(18)11-3-2-4-12-17/h5-6,8-9H,2-4,7,10-13,18H2,1H3,(H,19,20). The van der Waals surface area contributed by atoms with E-state index in [2.05, 4.69) is 5.32 Å². The molecule has 1 amide bonds. The van der Waals surface area contributed by atoms with Crippen LogP contribution in [-0.2, 0) is 11.2 Å². The first-order valence-electron chi connectivity index (χ1n) is 7.80. The van der Waals surface area contributed by atoms with Crippen molar-refractivity contribution in [1.82, 2.24) is 5.32 Å². The summed E-state index contributed by atoms with van der Waals surface area (Å²) in [4.78, 5) is 11.9. The number of nitrogens with two attached hydrogens (primary N) is 1. The molecule has 0 radical (unpaired) electrons. The average Bonchev–Trinajstić information content (AvgIpc) is 2.52. The number of ether oxygens (including phenoxy) is 1. The molecule has 1 aromatic rings. The zero-order chi connectivity index (χ0) is 15.1. The highest BCUT2D eigenvalue weighted by Crippen LogP contribution is 2.25. The van der Waals surface area contributed by atoms with E-state index >= 15 is 0 Å². The van der Waals surface area contributed by atoms with Gasteiger partial charge in [0.25, 0.3) is 0 Å². The van der Waals surface area contributed by atoms with Crippen LogP contribution in [0.4, 0.5) is 0 Å². The molecule has 0 bridgehead atoms. The molecule has 0 spiro atoms. The number of amides is 1. The number of carbonyl (C=O) groups excluding carboxylic acids is 1. The normalized spacial score (nSPS) is 17.2. The maximum Gasteiger partial charge on any atom is 0.220 e. The van der Waals surface area contributed by atoms with Gasteiger partial charge in [-0.25, -0.2) is 0 Å². The third-order valence-corrected chi connectivity index (χ3v) is 4.29. The lowest BCUT2D eigenvalue weighted by molar-refractivity contribution is -0.121. The smallest absolute Gasteiger partial charge is 0.220 e. The van der Waals surface area contributed by atoms with Crippen molar-refractivity contribution in [1.29, 1.82) is 0 Å². The minimum Gasteiger partial charge on any atom is -0.497 e. The fourth-order valence-electron chi connectivity index (χ4n) is 2.85. The molecule has 0 heterocycles. The molecule has 0 aliphatic heterocycles. The molecular weight excluding hydrogens is 264 g/mol. The van der Waals surface area contributed by atoms with E-state index in [0.29, 0.717) is 13.0 Å².